The lowest BCUT2D eigenvalue weighted by Crippen LogP contribution is -2.19. The number of nitrogens with zero attached hydrogens (tertiary/aromatic N) is 1. The molecule has 144 valence electrons. The average Bonchev–Trinajstić information content (AvgIpc) is 2.81. The van der Waals surface area contributed by atoms with Crippen LogP contribution in [0.2, 0.25) is 0 Å². The Morgan fingerprint density at radius 3 is 1.90 bits per heavy atom. The molecule has 5 aromatic rings. The molecule has 2 heteroatoms. The lowest BCUT2D eigenvalue weighted by atomic mass is 10.0. The summed E-state index contributed by atoms with van der Waals surface area (Å²) in [4.78, 5) is 12.5. The van der Waals surface area contributed by atoms with Crippen molar-refractivity contribution < 1.29 is 0 Å². The number of rotatable bonds is 4. The van der Waals surface area contributed by atoms with Gasteiger partial charge in [0.2, 0.25) is 0 Å². The zero-order valence-corrected chi connectivity index (χ0v) is 16.5. The summed E-state index contributed by atoms with van der Waals surface area (Å²) in [5.74, 6) is 0. The van der Waals surface area contributed by atoms with Crippen LogP contribution in [0.25, 0.3) is 33.0 Å². The fourth-order valence-electron chi connectivity index (χ4n) is 3.85. The molecule has 0 aliphatic heterocycles. The summed E-state index contributed by atoms with van der Waals surface area (Å²) in [5.41, 5.74) is 5.64. The molecule has 0 bridgehead atoms. The quantitative estimate of drug-likeness (QED) is 0.350. The van der Waals surface area contributed by atoms with Gasteiger partial charge < -0.3 is 4.57 Å². The third-order valence-electron chi connectivity index (χ3n) is 5.48. The van der Waals surface area contributed by atoms with Crippen molar-refractivity contribution in [2.75, 3.05) is 0 Å². The van der Waals surface area contributed by atoms with Gasteiger partial charge in [0.1, 0.15) is 0 Å². The first-order valence-corrected chi connectivity index (χ1v) is 10.1. The highest BCUT2D eigenvalue weighted by atomic mass is 16.1. The molecule has 4 aromatic carbocycles. The maximum atomic E-state index is 12.5. The molecule has 0 atom stereocenters. The van der Waals surface area contributed by atoms with E-state index in [-0.39, 0.29) is 5.56 Å². The Labute approximate surface area is 175 Å². The molecule has 0 saturated heterocycles. The second-order valence-corrected chi connectivity index (χ2v) is 7.51. The Bertz CT molecular complexity index is 1370. The van der Waals surface area contributed by atoms with Gasteiger partial charge in [-0.1, -0.05) is 91.0 Å². The summed E-state index contributed by atoms with van der Waals surface area (Å²) in [5, 5.41) is 2.40. The fraction of sp³-hybridized carbons (Fsp3) is 0.0357. The number of fused-ring (bicyclic) bond motifs is 1. The minimum absolute atomic E-state index is 0.00724. The van der Waals surface area contributed by atoms with Crippen LogP contribution < -0.4 is 5.56 Å². The van der Waals surface area contributed by atoms with Crippen LogP contribution in [-0.2, 0) is 6.54 Å². The van der Waals surface area contributed by atoms with E-state index < -0.39 is 0 Å². The van der Waals surface area contributed by atoms with Crippen LogP contribution in [0.15, 0.2) is 120 Å². The molecule has 0 unspecified atom stereocenters. The van der Waals surface area contributed by atoms with E-state index in [9.17, 15) is 4.79 Å². The fourth-order valence-corrected chi connectivity index (χ4v) is 3.85. The molecular formula is C28H21NO. The van der Waals surface area contributed by atoms with E-state index in [0.29, 0.717) is 6.54 Å². The van der Waals surface area contributed by atoms with Gasteiger partial charge in [0.05, 0.1) is 6.54 Å². The first kappa shape index (κ1) is 18.1. The first-order chi connectivity index (χ1) is 14.8. The zero-order chi connectivity index (χ0) is 20.3. The van der Waals surface area contributed by atoms with Crippen molar-refractivity contribution in [3.63, 3.8) is 0 Å². The molecule has 1 aromatic heterocycles. The van der Waals surface area contributed by atoms with Crippen molar-refractivity contribution in [3.05, 3.63) is 131 Å². The number of aromatic nitrogens is 1. The second-order valence-electron chi connectivity index (χ2n) is 7.51. The van der Waals surface area contributed by atoms with Crippen LogP contribution in [-0.4, -0.2) is 4.57 Å². The molecule has 0 fully saturated rings. The van der Waals surface area contributed by atoms with Crippen LogP contribution in [0.5, 0.6) is 0 Å². The Kier molecular flexibility index (Phi) is 4.74. The van der Waals surface area contributed by atoms with Crippen LogP contribution in [0.4, 0.5) is 0 Å². The predicted octanol–water partition coefficient (Wildman–Crippen LogP) is 6.38. The predicted molar refractivity (Wildman–Crippen MR) is 125 cm³/mol. The Morgan fingerprint density at radius 1 is 0.533 bits per heavy atom. The van der Waals surface area contributed by atoms with Crippen molar-refractivity contribution in [2.24, 2.45) is 0 Å². The monoisotopic (exact) mass is 387 g/mol. The van der Waals surface area contributed by atoms with Crippen LogP contribution in [0.1, 0.15) is 5.56 Å². The lowest BCUT2D eigenvalue weighted by Gasteiger charge is -2.10. The summed E-state index contributed by atoms with van der Waals surface area (Å²) in [6.45, 7) is 0.555. The van der Waals surface area contributed by atoms with Crippen molar-refractivity contribution in [2.45, 2.75) is 6.54 Å². The van der Waals surface area contributed by atoms with Gasteiger partial charge in [0.25, 0.3) is 5.56 Å². The van der Waals surface area contributed by atoms with E-state index in [4.69, 9.17) is 0 Å². The van der Waals surface area contributed by atoms with E-state index in [1.165, 1.54) is 21.9 Å². The van der Waals surface area contributed by atoms with Crippen molar-refractivity contribution in [1.82, 2.24) is 4.57 Å². The topological polar surface area (TPSA) is 22.0 Å². The van der Waals surface area contributed by atoms with Crippen molar-refractivity contribution in [1.29, 1.82) is 0 Å². The Hall–Kier alpha value is -3.91. The molecule has 1 heterocycles. The second kappa shape index (κ2) is 7.84. The lowest BCUT2D eigenvalue weighted by molar-refractivity contribution is 0.762. The van der Waals surface area contributed by atoms with Gasteiger partial charge in [0, 0.05) is 12.3 Å². The number of benzene rings is 4. The van der Waals surface area contributed by atoms with Crippen LogP contribution in [0.3, 0.4) is 0 Å². The van der Waals surface area contributed by atoms with Gasteiger partial charge in [-0.15, -0.1) is 0 Å². The molecule has 2 nitrogen and oxygen atoms in total. The number of hydrogen-bond donors (Lipinski definition) is 0. The Balaban J connectivity index is 1.45. The maximum Gasteiger partial charge on any atom is 0.250 e. The van der Waals surface area contributed by atoms with Gasteiger partial charge in [-0.25, -0.2) is 0 Å². The van der Waals surface area contributed by atoms with Crippen molar-refractivity contribution in [3.8, 4) is 22.3 Å². The number of pyridine rings is 1. The van der Waals surface area contributed by atoms with Gasteiger partial charge in [-0.05, 0) is 50.7 Å². The molecule has 0 aliphatic rings. The molecule has 0 aliphatic carbocycles. The van der Waals surface area contributed by atoms with Gasteiger partial charge >= 0.3 is 0 Å². The van der Waals surface area contributed by atoms with E-state index in [0.717, 1.165) is 16.7 Å². The molecule has 30 heavy (non-hydrogen) atoms. The highest BCUT2D eigenvalue weighted by Gasteiger charge is 2.05. The first-order valence-electron chi connectivity index (χ1n) is 10.1. The van der Waals surface area contributed by atoms with Crippen molar-refractivity contribution >= 4 is 10.8 Å². The van der Waals surface area contributed by atoms with E-state index in [1.54, 1.807) is 10.6 Å². The van der Waals surface area contributed by atoms with Gasteiger partial charge in [0.15, 0.2) is 0 Å². The van der Waals surface area contributed by atoms with E-state index in [1.807, 2.05) is 42.6 Å². The van der Waals surface area contributed by atoms with Gasteiger partial charge in [-0.3, -0.25) is 4.79 Å². The van der Waals surface area contributed by atoms with Gasteiger partial charge in [-0.2, -0.15) is 0 Å². The summed E-state index contributed by atoms with van der Waals surface area (Å²) in [6.07, 6.45) is 1.95. The molecule has 0 saturated carbocycles. The van der Waals surface area contributed by atoms with E-state index in [2.05, 4.69) is 66.7 Å². The SMILES string of the molecule is O=c1ccc(-c2ccc(-c3ccccc3)cc2)cn1Cc1ccc2ccccc2c1. The van der Waals surface area contributed by atoms with E-state index >= 15 is 0 Å². The summed E-state index contributed by atoms with van der Waals surface area (Å²) in [7, 11) is 0. The van der Waals surface area contributed by atoms with Crippen LogP contribution >= 0.6 is 0 Å². The standard InChI is InChI=1S/C28H21NO/c30-28-17-16-27(25-14-12-24(13-15-25)22-6-2-1-3-7-22)20-29(28)19-21-10-11-23-8-4-5-9-26(23)18-21/h1-18,20H,19H2. The molecule has 0 spiro atoms. The molecular weight excluding hydrogens is 366 g/mol. The average molecular weight is 387 g/mol. The minimum Gasteiger partial charge on any atom is -0.310 e. The summed E-state index contributed by atoms with van der Waals surface area (Å²) < 4.78 is 1.78. The number of hydrogen-bond acceptors (Lipinski definition) is 1. The minimum atomic E-state index is 0.00724. The highest BCUT2D eigenvalue weighted by Crippen LogP contribution is 2.24. The molecule has 5 rings (SSSR count). The highest BCUT2D eigenvalue weighted by molar-refractivity contribution is 5.83. The largest absolute Gasteiger partial charge is 0.310 e. The van der Waals surface area contributed by atoms with Crippen LogP contribution in [0, 0.1) is 0 Å². The smallest absolute Gasteiger partial charge is 0.250 e. The summed E-state index contributed by atoms with van der Waals surface area (Å²) >= 11 is 0. The molecule has 0 N–H and O–H groups in total. The third-order valence-corrected chi connectivity index (χ3v) is 5.48. The normalized spacial score (nSPS) is 10.9. The molecule has 0 radical (unpaired) electrons. The molecule has 0 amide bonds. The maximum absolute atomic E-state index is 12.5. The Morgan fingerprint density at radius 2 is 1.13 bits per heavy atom. The third kappa shape index (κ3) is 3.68. The summed E-state index contributed by atoms with van der Waals surface area (Å²) in [6, 6.07) is 37.0. The zero-order valence-electron chi connectivity index (χ0n) is 16.5.